The third-order valence-electron chi connectivity index (χ3n) is 3.73. The van der Waals surface area contributed by atoms with Crippen LogP contribution in [0.2, 0.25) is 10.0 Å². The van der Waals surface area contributed by atoms with Crippen LogP contribution in [0.15, 0.2) is 47.1 Å². The van der Waals surface area contributed by atoms with Crippen LogP contribution in [0.4, 0.5) is 0 Å². The van der Waals surface area contributed by atoms with E-state index < -0.39 is 12.0 Å². The first-order valence-corrected chi connectivity index (χ1v) is 8.25. The van der Waals surface area contributed by atoms with Crippen LogP contribution >= 0.6 is 23.2 Å². The molecule has 3 rings (SSSR count). The molecule has 25 heavy (non-hydrogen) atoms. The molecule has 0 saturated heterocycles. The summed E-state index contributed by atoms with van der Waals surface area (Å²) in [6.07, 6.45) is 1.76. The molecule has 0 aliphatic carbocycles. The van der Waals surface area contributed by atoms with E-state index in [2.05, 4.69) is 0 Å². The molecule has 1 unspecified atom stereocenters. The summed E-state index contributed by atoms with van der Waals surface area (Å²) in [6.45, 7) is 0.286. The van der Waals surface area contributed by atoms with E-state index in [9.17, 15) is 4.79 Å². The third-order valence-corrected chi connectivity index (χ3v) is 4.29. The highest BCUT2D eigenvalue weighted by Gasteiger charge is 2.16. The lowest BCUT2D eigenvalue weighted by Crippen LogP contribution is -2.32. The van der Waals surface area contributed by atoms with Gasteiger partial charge in [0.25, 0.3) is 0 Å². The first kappa shape index (κ1) is 17.6. The Hall–Kier alpha value is -2.21. The summed E-state index contributed by atoms with van der Waals surface area (Å²) in [6, 6.07) is 9.82. The smallest absolute Gasteiger partial charge is 0.320 e. The van der Waals surface area contributed by atoms with Gasteiger partial charge < -0.3 is 20.0 Å². The summed E-state index contributed by atoms with van der Waals surface area (Å²) in [5.74, 6) is -0.731. The summed E-state index contributed by atoms with van der Waals surface area (Å²) in [7, 11) is 0. The molecule has 0 amide bonds. The van der Waals surface area contributed by atoms with Crippen molar-refractivity contribution in [2.24, 2.45) is 5.73 Å². The second kappa shape index (κ2) is 7.35. The Balaban J connectivity index is 1.74. The van der Waals surface area contributed by atoms with E-state index in [1.807, 2.05) is 24.3 Å². The number of benzene rings is 2. The molecule has 0 aliphatic heterocycles. The molecular formula is C18H15Cl2NO4. The third kappa shape index (κ3) is 4.07. The van der Waals surface area contributed by atoms with Crippen LogP contribution in [0, 0.1) is 0 Å². The first-order valence-electron chi connectivity index (χ1n) is 7.49. The van der Waals surface area contributed by atoms with Gasteiger partial charge in [-0.15, -0.1) is 0 Å². The monoisotopic (exact) mass is 379 g/mol. The average molecular weight is 380 g/mol. The van der Waals surface area contributed by atoms with Crippen molar-refractivity contribution >= 4 is 40.1 Å². The number of ether oxygens (including phenoxy) is 1. The van der Waals surface area contributed by atoms with Crippen LogP contribution in [0.3, 0.4) is 0 Å². The van der Waals surface area contributed by atoms with Gasteiger partial charge in [-0.05, 0) is 47.9 Å². The molecule has 3 aromatic rings. The molecule has 5 nitrogen and oxygen atoms in total. The van der Waals surface area contributed by atoms with Gasteiger partial charge in [0.1, 0.15) is 18.2 Å². The Bertz CT molecular complexity index is 899. The Morgan fingerprint density at radius 2 is 1.88 bits per heavy atom. The van der Waals surface area contributed by atoms with E-state index in [4.69, 9.17) is 43.2 Å². The number of carboxylic acids is 1. The van der Waals surface area contributed by atoms with Crippen LogP contribution in [-0.4, -0.2) is 17.1 Å². The Kier molecular flexibility index (Phi) is 5.18. The predicted octanol–water partition coefficient (Wildman–Crippen LogP) is 4.27. The minimum absolute atomic E-state index is 0.131. The average Bonchev–Trinajstić information content (AvgIpc) is 3.01. The van der Waals surface area contributed by atoms with E-state index in [1.54, 1.807) is 18.4 Å². The second-order valence-corrected chi connectivity index (χ2v) is 6.43. The van der Waals surface area contributed by atoms with Gasteiger partial charge >= 0.3 is 5.97 Å². The maximum atomic E-state index is 10.9. The second-order valence-electron chi connectivity index (χ2n) is 5.62. The van der Waals surface area contributed by atoms with Gasteiger partial charge in [-0.3, -0.25) is 4.79 Å². The lowest BCUT2D eigenvalue weighted by molar-refractivity contribution is -0.138. The number of rotatable bonds is 6. The molecule has 0 spiro atoms. The summed E-state index contributed by atoms with van der Waals surface area (Å²) < 4.78 is 11.0. The molecule has 0 bridgehead atoms. The van der Waals surface area contributed by atoms with Crippen LogP contribution in [-0.2, 0) is 17.8 Å². The molecule has 0 fully saturated rings. The maximum absolute atomic E-state index is 10.9. The highest BCUT2D eigenvalue weighted by Crippen LogP contribution is 2.35. The lowest BCUT2D eigenvalue weighted by Gasteiger charge is -2.13. The number of hydrogen-bond donors (Lipinski definition) is 2. The van der Waals surface area contributed by atoms with Crippen LogP contribution in [0.5, 0.6) is 5.75 Å². The van der Waals surface area contributed by atoms with E-state index in [1.165, 1.54) is 0 Å². The summed E-state index contributed by atoms with van der Waals surface area (Å²) >= 11 is 12.5. The van der Waals surface area contributed by atoms with Crippen molar-refractivity contribution in [3.8, 4) is 5.75 Å². The van der Waals surface area contributed by atoms with Gasteiger partial charge in [0.2, 0.25) is 0 Å². The number of aliphatic carboxylic acids is 1. The Labute approximate surface area is 153 Å². The molecule has 2 aromatic carbocycles. The molecule has 1 aromatic heterocycles. The number of carbonyl (C=O) groups is 1. The van der Waals surface area contributed by atoms with E-state index >= 15 is 0 Å². The van der Waals surface area contributed by atoms with Crippen LogP contribution in [0.25, 0.3) is 11.0 Å². The van der Waals surface area contributed by atoms with Crippen molar-refractivity contribution in [1.82, 2.24) is 0 Å². The minimum atomic E-state index is -1.08. The van der Waals surface area contributed by atoms with E-state index in [0.717, 1.165) is 16.5 Å². The maximum Gasteiger partial charge on any atom is 0.320 e. The molecule has 1 heterocycles. The molecule has 130 valence electrons. The summed E-state index contributed by atoms with van der Waals surface area (Å²) in [4.78, 5) is 10.9. The first-order chi connectivity index (χ1) is 11.9. The van der Waals surface area contributed by atoms with Gasteiger partial charge in [-0.25, -0.2) is 0 Å². The molecule has 0 radical (unpaired) electrons. The molecule has 3 N–H and O–H groups in total. The molecule has 1 atom stereocenters. The van der Waals surface area contributed by atoms with Crippen LogP contribution < -0.4 is 10.5 Å². The van der Waals surface area contributed by atoms with Crippen molar-refractivity contribution in [2.75, 3.05) is 0 Å². The standard InChI is InChI=1S/C18H15Cl2NO4/c19-13-6-11(8-15(21)18(22)23)7-14(20)17(13)25-9-10-1-2-16-12(5-10)3-4-24-16/h1-7,15H,8-9,21H2,(H,22,23). The number of furan rings is 1. The fourth-order valence-corrected chi connectivity index (χ4v) is 3.11. The molecule has 0 saturated carbocycles. The summed E-state index contributed by atoms with van der Waals surface area (Å²) in [5.41, 5.74) is 7.92. The van der Waals surface area contributed by atoms with Gasteiger partial charge in [0.05, 0.1) is 16.3 Å². The molecular weight excluding hydrogens is 365 g/mol. The Morgan fingerprint density at radius 1 is 1.16 bits per heavy atom. The summed E-state index contributed by atoms with van der Waals surface area (Å²) in [5, 5.41) is 10.5. The predicted molar refractivity (Wildman–Crippen MR) is 96.3 cm³/mol. The molecule has 0 aliphatic rings. The quantitative estimate of drug-likeness (QED) is 0.667. The van der Waals surface area contributed by atoms with E-state index in [0.29, 0.717) is 21.4 Å². The zero-order valence-electron chi connectivity index (χ0n) is 13.0. The van der Waals surface area contributed by atoms with Crippen molar-refractivity contribution in [1.29, 1.82) is 0 Å². The van der Waals surface area contributed by atoms with Gasteiger partial charge in [-0.2, -0.15) is 0 Å². The van der Waals surface area contributed by atoms with Crippen LogP contribution in [0.1, 0.15) is 11.1 Å². The van der Waals surface area contributed by atoms with Gasteiger partial charge in [0, 0.05) is 5.39 Å². The van der Waals surface area contributed by atoms with Gasteiger partial charge in [-0.1, -0.05) is 29.3 Å². The van der Waals surface area contributed by atoms with Crippen molar-refractivity contribution < 1.29 is 19.1 Å². The topological polar surface area (TPSA) is 85.7 Å². The highest BCUT2D eigenvalue weighted by atomic mass is 35.5. The SMILES string of the molecule is NC(Cc1cc(Cl)c(OCc2ccc3occc3c2)c(Cl)c1)C(=O)O. The minimum Gasteiger partial charge on any atom is -0.486 e. The Morgan fingerprint density at radius 3 is 2.56 bits per heavy atom. The largest absolute Gasteiger partial charge is 0.486 e. The number of carboxylic acid groups (broad SMARTS) is 1. The van der Waals surface area contributed by atoms with Gasteiger partial charge in [0.15, 0.2) is 5.75 Å². The van der Waals surface area contributed by atoms with Crippen molar-refractivity contribution in [3.63, 3.8) is 0 Å². The van der Waals surface area contributed by atoms with E-state index in [-0.39, 0.29) is 13.0 Å². The fraction of sp³-hybridized carbons (Fsp3) is 0.167. The van der Waals surface area contributed by atoms with Crippen molar-refractivity contribution in [3.05, 3.63) is 63.8 Å². The number of halogens is 2. The zero-order valence-corrected chi connectivity index (χ0v) is 14.6. The fourth-order valence-electron chi connectivity index (χ4n) is 2.47. The molecule has 7 heteroatoms. The number of hydrogen-bond acceptors (Lipinski definition) is 4. The highest BCUT2D eigenvalue weighted by molar-refractivity contribution is 6.37. The lowest BCUT2D eigenvalue weighted by atomic mass is 10.1. The number of nitrogens with two attached hydrogens (primary N) is 1. The number of fused-ring (bicyclic) bond motifs is 1. The zero-order chi connectivity index (χ0) is 18.0. The normalized spacial score (nSPS) is 12.3. The van der Waals surface area contributed by atoms with Crippen molar-refractivity contribution in [2.45, 2.75) is 19.1 Å².